The van der Waals surface area contributed by atoms with Gasteiger partial charge < -0.3 is 35.1 Å². The monoisotopic (exact) mass is 842 g/mol. The van der Waals surface area contributed by atoms with Gasteiger partial charge in [0, 0.05) is 0 Å². The third kappa shape index (κ3) is 7.21. The lowest BCUT2D eigenvalue weighted by Crippen LogP contribution is -2.41. The Morgan fingerprint density at radius 3 is 1.44 bits per heavy atom. The van der Waals surface area contributed by atoms with Crippen LogP contribution in [0.1, 0.15) is 46.5 Å². The van der Waals surface area contributed by atoms with E-state index in [0.29, 0.717) is 22.8 Å². The van der Waals surface area contributed by atoms with Crippen molar-refractivity contribution in [3.8, 4) is 11.5 Å². The number of fused-ring (bicyclic) bond motifs is 1. The number of anilines is 2. The zero-order valence-electron chi connectivity index (χ0n) is 35.0. The van der Waals surface area contributed by atoms with E-state index in [1.165, 1.54) is 17.8 Å². The molecule has 1 aliphatic heterocycles. The first-order valence-electron chi connectivity index (χ1n) is 20.7. The molecule has 0 bridgehead atoms. The van der Waals surface area contributed by atoms with Crippen LogP contribution in [0.5, 0.6) is 11.5 Å². The SMILES string of the molecule is COc1ccc(C(Nc2nc(NC(c3ccccc3)(c3ccccc3)c3ccc(OC)cc3)c3ncn([C@@H]4O[C@H](CO)[C@@H](O)[C@@]4(C)F)c3n2)(c2ccccc2)c2ccccc2)cc1. The summed E-state index contributed by atoms with van der Waals surface area (Å²) in [5, 5.41) is 28.8. The molecule has 4 atom stereocenters. The second kappa shape index (κ2) is 17.0. The van der Waals surface area contributed by atoms with Gasteiger partial charge in [-0.3, -0.25) is 4.57 Å². The van der Waals surface area contributed by atoms with E-state index in [2.05, 4.69) is 34.9 Å². The van der Waals surface area contributed by atoms with Crippen molar-refractivity contribution in [2.24, 2.45) is 0 Å². The van der Waals surface area contributed by atoms with Crippen molar-refractivity contribution in [2.75, 3.05) is 31.5 Å². The number of hydrogen-bond acceptors (Lipinski definition) is 10. The molecule has 3 heterocycles. The first-order chi connectivity index (χ1) is 30.7. The Hall–Kier alpha value is -7.12. The van der Waals surface area contributed by atoms with Crippen LogP contribution in [-0.4, -0.2) is 68.4 Å². The van der Waals surface area contributed by atoms with Crippen molar-refractivity contribution < 1.29 is 28.8 Å². The third-order valence-electron chi connectivity index (χ3n) is 12.0. The van der Waals surface area contributed by atoms with Crippen LogP contribution < -0.4 is 20.1 Å². The van der Waals surface area contributed by atoms with Crippen LogP contribution in [0, 0.1) is 0 Å². The summed E-state index contributed by atoms with van der Waals surface area (Å²) >= 11 is 0. The molecule has 11 nitrogen and oxygen atoms in total. The summed E-state index contributed by atoms with van der Waals surface area (Å²) in [5.41, 5.74) is 1.27. The summed E-state index contributed by atoms with van der Waals surface area (Å²) in [6.45, 7) is 0.665. The lowest BCUT2D eigenvalue weighted by molar-refractivity contribution is -0.0566. The predicted molar refractivity (Wildman–Crippen MR) is 241 cm³/mol. The Morgan fingerprint density at radius 2 is 1.05 bits per heavy atom. The summed E-state index contributed by atoms with van der Waals surface area (Å²) in [4.78, 5) is 15.3. The molecular weight excluding hydrogens is 796 g/mol. The number of aliphatic hydroxyl groups is 2. The highest BCUT2D eigenvalue weighted by Crippen LogP contribution is 2.46. The summed E-state index contributed by atoms with van der Waals surface area (Å²) in [6, 6.07) is 55.8. The maximum absolute atomic E-state index is 16.8. The number of benzene rings is 6. The zero-order chi connectivity index (χ0) is 43.6. The first-order valence-corrected chi connectivity index (χ1v) is 20.7. The van der Waals surface area contributed by atoms with Crippen LogP contribution in [0.15, 0.2) is 176 Å². The van der Waals surface area contributed by atoms with Crippen LogP contribution in [0.25, 0.3) is 11.2 Å². The van der Waals surface area contributed by atoms with Crippen LogP contribution >= 0.6 is 0 Å². The minimum atomic E-state index is -2.34. The van der Waals surface area contributed by atoms with Crippen LogP contribution in [-0.2, 0) is 15.8 Å². The Kier molecular flexibility index (Phi) is 11.1. The second-order valence-electron chi connectivity index (χ2n) is 15.7. The van der Waals surface area contributed by atoms with Crippen molar-refractivity contribution in [1.82, 2.24) is 19.5 Å². The summed E-state index contributed by atoms with van der Waals surface area (Å²) in [7, 11) is 3.26. The van der Waals surface area contributed by atoms with Gasteiger partial charge in [0.2, 0.25) is 5.95 Å². The van der Waals surface area contributed by atoms with Crippen molar-refractivity contribution in [1.29, 1.82) is 0 Å². The summed E-state index contributed by atoms with van der Waals surface area (Å²) in [5.74, 6) is 1.85. The lowest BCUT2D eigenvalue weighted by Gasteiger charge is -2.38. The topological polar surface area (TPSA) is 136 Å². The molecular formula is C51H47FN6O5. The molecule has 0 saturated carbocycles. The van der Waals surface area contributed by atoms with Gasteiger partial charge in [0.25, 0.3) is 0 Å². The van der Waals surface area contributed by atoms with E-state index in [0.717, 1.165) is 33.4 Å². The molecule has 8 aromatic rings. The Bertz CT molecular complexity index is 2700. The van der Waals surface area contributed by atoms with Gasteiger partial charge in [-0.05, 0) is 64.6 Å². The van der Waals surface area contributed by atoms with Crippen LogP contribution in [0.3, 0.4) is 0 Å². The highest BCUT2D eigenvalue weighted by molar-refractivity contribution is 5.86. The first kappa shape index (κ1) is 41.2. The molecule has 4 N–H and O–H groups in total. The number of ether oxygens (including phenoxy) is 3. The fourth-order valence-electron chi connectivity index (χ4n) is 8.81. The van der Waals surface area contributed by atoms with Gasteiger partial charge in [-0.1, -0.05) is 146 Å². The fourth-order valence-corrected chi connectivity index (χ4v) is 8.81. The number of nitrogens with one attached hydrogen (secondary N) is 2. The minimum Gasteiger partial charge on any atom is -0.497 e. The molecule has 318 valence electrons. The smallest absolute Gasteiger partial charge is 0.228 e. The number of nitrogens with zero attached hydrogens (tertiary/aromatic N) is 4. The molecule has 63 heavy (non-hydrogen) atoms. The molecule has 0 aliphatic carbocycles. The van der Waals surface area contributed by atoms with Gasteiger partial charge in [-0.15, -0.1) is 0 Å². The number of rotatable bonds is 14. The number of methoxy groups -OCH3 is 2. The molecule has 1 fully saturated rings. The maximum atomic E-state index is 16.8. The van der Waals surface area contributed by atoms with Gasteiger partial charge in [-0.25, -0.2) is 9.37 Å². The van der Waals surface area contributed by atoms with E-state index in [9.17, 15) is 10.2 Å². The minimum absolute atomic E-state index is 0.165. The molecule has 6 aromatic carbocycles. The van der Waals surface area contributed by atoms with E-state index in [-0.39, 0.29) is 11.6 Å². The number of hydrogen-bond donors (Lipinski definition) is 4. The number of halogens is 1. The van der Waals surface area contributed by atoms with Crippen molar-refractivity contribution in [3.05, 3.63) is 210 Å². The third-order valence-corrected chi connectivity index (χ3v) is 12.0. The van der Waals surface area contributed by atoms with E-state index in [4.69, 9.17) is 29.2 Å². The van der Waals surface area contributed by atoms with Gasteiger partial charge in [0.15, 0.2) is 28.9 Å². The largest absolute Gasteiger partial charge is 0.497 e. The molecule has 9 rings (SSSR count). The van der Waals surface area contributed by atoms with Crippen molar-refractivity contribution >= 4 is 22.9 Å². The Labute approximate surface area is 364 Å². The van der Waals surface area contributed by atoms with Crippen LogP contribution in [0.2, 0.25) is 0 Å². The van der Waals surface area contributed by atoms with E-state index in [1.54, 1.807) is 14.2 Å². The van der Waals surface area contributed by atoms with Gasteiger partial charge in [0.05, 0.1) is 27.2 Å². The van der Waals surface area contributed by atoms with Crippen molar-refractivity contribution in [3.63, 3.8) is 0 Å². The molecule has 0 spiro atoms. The standard InChI is InChI=1S/C51H47FN6O5/c1-49(52)44(60)42(32-59)63-47(49)58-33-53-43-45(56-50(34-16-8-4-9-17-34,35-18-10-5-11-19-35)38-24-28-40(61-2)29-25-38)54-48(55-46(43)58)57-51(36-20-12-6-13-21-36,37-22-14-7-15-23-37)39-26-30-41(62-3)31-27-39/h4-31,33,42,44,47,59-60H,32H2,1-3H3,(H2,54,55,56,57)/t42-,44-,47-,49-/m1/s1. The number of aliphatic hydroxyl groups excluding tert-OH is 2. The van der Waals surface area contributed by atoms with Gasteiger partial charge in [0.1, 0.15) is 34.8 Å². The van der Waals surface area contributed by atoms with Gasteiger partial charge in [-0.2, -0.15) is 9.97 Å². The fraction of sp³-hybridized carbons (Fsp3) is 0.196. The second-order valence-corrected chi connectivity index (χ2v) is 15.7. The maximum Gasteiger partial charge on any atom is 0.228 e. The lowest BCUT2D eigenvalue weighted by atomic mass is 9.77. The average Bonchev–Trinajstić information content (AvgIpc) is 3.87. The Morgan fingerprint density at radius 1 is 0.635 bits per heavy atom. The summed E-state index contributed by atoms with van der Waals surface area (Å²) < 4.78 is 35.5. The normalized spacial score (nSPS) is 18.9. The van der Waals surface area contributed by atoms with E-state index >= 15 is 4.39 Å². The molecule has 2 aromatic heterocycles. The van der Waals surface area contributed by atoms with Crippen LogP contribution in [0.4, 0.5) is 16.2 Å². The van der Waals surface area contributed by atoms with E-state index in [1.807, 2.05) is 146 Å². The predicted octanol–water partition coefficient (Wildman–Crippen LogP) is 8.63. The molecule has 1 saturated heterocycles. The highest BCUT2D eigenvalue weighted by atomic mass is 19.1. The molecule has 0 radical (unpaired) electrons. The van der Waals surface area contributed by atoms with Gasteiger partial charge >= 0.3 is 0 Å². The molecule has 1 aliphatic rings. The quantitative estimate of drug-likeness (QED) is 0.0789. The molecule has 0 unspecified atom stereocenters. The number of alkyl halides is 1. The zero-order valence-corrected chi connectivity index (χ0v) is 35.0. The highest BCUT2D eigenvalue weighted by Gasteiger charge is 2.55. The number of aromatic nitrogens is 4. The van der Waals surface area contributed by atoms with Crippen molar-refractivity contribution in [2.45, 2.75) is 42.1 Å². The molecule has 12 heteroatoms. The van der Waals surface area contributed by atoms with E-state index < -0.39 is 41.8 Å². The number of imidazole rings is 1. The summed E-state index contributed by atoms with van der Waals surface area (Å²) in [6.07, 6.45) is -2.78. The Balaban J connectivity index is 1.34. The average molecular weight is 843 g/mol. The molecule has 0 amide bonds.